The Morgan fingerprint density at radius 2 is 2.00 bits per heavy atom. The third-order valence-corrected chi connectivity index (χ3v) is 4.22. The number of hydrogen-bond donors (Lipinski definition) is 1. The van der Waals surface area contributed by atoms with Gasteiger partial charge in [-0.3, -0.25) is 9.59 Å². The van der Waals surface area contributed by atoms with Crippen molar-refractivity contribution in [3.8, 4) is 0 Å². The van der Waals surface area contributed by atoms with Crippen molar-refractivity contribution >= 4 is 23.6 Å². The molecule has 1 fully saturated rings. The van der Waals surface area contributed by atoms with E-state index in [1.54, 1.807) is 16.7 Å². The van der Waals surface area contributed by atoms with Crippen LogP contribution >= 0.6 is 11.8 Å². The molecule has 1 atom stereocenters. The zero-order chi connectivity index (χ0) is 13.8. The number of carbonyl (C=O) groups is 2. The van der Waals surface area contributed by atoms with Crippen LogP contribution in [-0.2, 0) is 9.59 Å². The predicted octanol–water partition coefficient (Wildman–Crippen LogP) is 1.65. The van der Waals surface area contributed by atoms with Gasteiger partial charge in [0.1, 0.15) is 11.6 Å². The average molecular weight is 272 g/mol. The minimum Gasteiger partial charge on any atom is -0.342 e. The van der Waals surface area contributed by atoms with Gasteiger partial charge in [0.05, 0.1) is 0 Å². The van der Waals surface area contributed by atoms with E-state index >= 15 is 0 Å². The molecule has 1 aliphatic rings. The standard InChI is InChI=1S/C13H24N2O2S/c1-5-7-10-11(16)15(8-9-18-6-2)13(3,4)12(17)14-10/h10H,5-9H2,1-4H3,(H,14,17). The molecule has 104 valence electrons. The summed E-state index contributed by atoms with van der Waals surface area (Å²) in [5.41, 5.74) is -0.727. The van der Waals surface area contributed by atoms with Crippen LogP contribution in [0.25, 0.3) is 0 Å². The number of nitrogens with one attached hydrogen (secondary N) is 1. The Kier molecular flexibility index (Phi) is 5.50. The Balaban J connectivity index is 2.78. The van der Waals surface area contributed by atoms with E-state index in [9.17, 15) is 9.59 Å². The maximum atomic E-state index is 12.4. The zero-order valence-electron chi connectivity index (χ0n) is 11.8. The molecular weight excluding hydrogens is 248 g/mol. The van der Waals surface area contributed by atoms with Gasteiger partial charge in [-0.15, -0.1) is 0 Å². The highest BCUT2D eigenvalue weighted by Gasteiger charge is 2.45. The van der Waals surface area contributed by atoms with Crippen molar-refractivity contribution in [3.63, 3.8) is 0 Å². The quantitative estimate of drug-likeness (QED) is 0.748. The Bertz CT molecular complexity index is 318. The van der Waals surface area contributed by atoms with Crippen molar-refractivity contribution in [2.45, 2.75) is 52.1 Å². The molecule has 0 radical (unpaired) electrons. The molecule has 5 heteroatoms. The molecular formula is C13H24N2O2S. The van der Waals surface area contributed by atoms with Crippen molar-refractivity contribution in [1.29, 1.82) is 0 Å². The van der Waals surface area contributed by atoms with Crippen molar-refractivity contribution < 1.29 is 9.59 Å². The van der Waals surface area contributed by atoms with Gasteiger partial charge in [0.25, 0.3) is 0 Å². The van der Waals surface area contributed by atoms with E-state index in [-0.39, 0.29) is 17.9 Å². The van der Waals surface area contributed by atoms with Crippen LogP contribution in [0, 0.1) is 0 Å². The fourth-order valence-electron chi connectivity index (χ4n) is 2.16. The van der Waals surface area contributed by atoms with Crippen LogP contribution in [0.3, 0.4) is 0 Å². The fourth-order valence-corrected chi connectivity index (χ4v) is 2.76. The van der Waals surface area contributed by atoms with Crippen LogP contribution in [0.15, 0.2) is 0 Å². The first-order valence-electron chi connectivity index (χ1n) is 6.65. The predicted molar refractivity (Wildman–Crippen MR) is 75.6 cm³/mol. The van der Waals surface area contributed by atoms with E-state index in [2.05, 4.69) is 12.2 Å². The number of thioether (sulfide) groups is 1. The molecule has 0 aromatic heterocycles. The van der Waals surface area contributed by atoms with E-state index in [1.165, 1.54) is 0 Å². The molecule has 0 aromatic carbocycles. The van der Waals surface area contributed by atoms with E-state index in [0.29, 0.717) is 6.54 Å². The molecule has 18 heavy (non-hydrogen) atoms. The highest BCUT2D eigenvalue weighted by molar-refractivity contribution is 7.99. The minimum absolute atomic E-state index is 0.0398. The van der Waals surface area contributed by atoms with E-state index in [0.717, 1.165) is 24.3 Å². The maximum absolute atomic E-state index is 12.4. The van der Waals surface area contributed by atoms with Crippen LogP contribution < -0.4 is 5.32 Å². The minimum atomic E-state index is -0.727. The van der Waals surface area contributed by atoms with Gasteiger partial charge in [-0.05, 0) is 26.0 Å². The fraction of sp³-hybridized carbons (Fsp3) is 0.846. The Morgan fingerprint density at radius 1 is 1.33 bits per heavy atom. The third kappa shape index (κ3) is 3.19. The molecule has 0 aromatic rings. The summed E-state index contributed by atoms with van der Waals surface area (Å²) in [6, 6.07) is -0.331. The molecule has 0 spiro atoms. The molecule has 1 rings (SSSR count). The van der Waals surface area contributed by atoms with E-state index in [1.807, 2.05) is 20.8 Å². The number of piperazine rings is 1. The Morgan fingerprint density at radius 3 is 2.56 bits per heavy atom. The third-order valence-electron chi connectivity index (χ3n) is 3.34. The van der Waals surface area contributed by atoms with Gasteiger partial charge in [-0.25, -0.2) is 0 Å². The lowest BCUT2D eigenvalue weighted by molar-refractivity contribution is -0.155. The lowest BCUT2D eigenvalue weighted by Gasteiger charge is -2.44. The van der Waals surface area contributed by atoms with Crippen molar-refractivity contribution in [1.82, 2.24) is 10.2 Å². The molecule has 1 saturated heterocycles. The molecule has 1 N–H and O–H groups in total. The molecule has 2 amide bonds. The second kappa shape index (κ2) is 6.45. The van der Waals surface area contributed by atoms with Crippen LogP contribution in [-0.4, -0.2) is 46.3 Å². The van der Waals surface area contributed by atoms with Gasteiger partial charge in [0, 0.05) is 12.3 Å². The summed E-state index contributed by atoms with van der Waals surface area (Å²) in [6.45, 7) is 8.41. The van der Waals surface area contributed by atoms with Gasteiger partial charge >= 0.3 is 0 Å². The smallest absolute Gasteiger partial charge is 0.246 e. The summed E-state index contributed by atoms with van der Waals surface area (Å²) in [6.07, 6.45) is 1.62. The van der Waals surface area contributed by atoms with Crippen LogP contribution in [0.5, 0.6) is 0 Å². The molecule has 1 unspecified atom stereocenters. The highest BCUT2D eigenvalue weighted by Crippen LogP contribution is 2.23. The summed E-state index contributed by atoms with van der Waals surface area (Å²) in [7, 11) is 0. The second-order valence-corrected chi connectivity index (χ2v) is 6.45. The van der Waals surface area contributed by atoms with Crippen molar-refractivity contribution in [2.24, 2.45) is 0 Å². The average Bonchev–Trinajstić information content (AvgIpc) is 2.31. The van der Waals surface area contributed by atoms with Crippen molar-refractivity contribution in [3.05, 3.63) is 0 Å². The summed E-state index contributed by atoms with van der Waals surface area (Å²) in [4.78, 5) is 26.2. The number of hydrogen-bond acceptors (Lipinski definition) is 3. The molecule has 0 saturated carbocycles. The molecule has 0 bridgehead atoms. The first-order valence-corrected chi connectivity index (χ1v) is 7.80. The van der Waals surface area contributed by atoms with Gasteiger partial charge in [0.15, 0.2) is 0 Å². The number of amides is 2. The highest BCUT2D eigenvalue weighted by atomic mass is 32.2. The molecule has 1 aliphatic heterocycles. The first kappa shape index (κ1) is 15.3. The van der Waals surface area contributed by atoms with Gasteiger partial charge < -0.3 is 10.2 Å². The topological polar surface area (TPSA) is 49.4 Å². The molecule has 4 nitrogen and oxygen atoms in total. The van der Waals surface area contributed by atoms with Gasteiger partial charge in [-0.1, -0.05) is 20.3 Å². The Labute approximate surface area is 114 Å². The lowest BCUT2D eigenvalue weighted by Crippen LogP contribution is -2.68. The van der Waals surface area contributed by atoms with E-state index in [4.69, 9.17) is 0 Å². The number of carbonyl (C=O) groups excluding carboxylic acids is 2. The van der Waals surface area contributed by atoms with Crippen LogP contribution in [0.2, 0.25) is 0 Å². The lowest BCUT2D eigenvalue weighted by atomic mass is 9.94. The van der Waals surface area contributed by atoms with Gasteiger partial charge in [0.2, 0.25) is 11.8 Å². The Hall–Kier alpha value is -0.710. The van der Waals surface area contributed by atoms with Gasteiger partial charge in [-0.2, -0.15) is 11.8 Å². The van der Waals surface area contributed by atoms with Crippen LogP contribution in [0.1, 0.15) is 40.5 Å². The number of nitrogens with zero attached hydrogens (tertiary/aromatic N) is 1. The monoisotopic (exact) mass is 272 g/mol. The van der Waals surface area contributed by atoms with Crippen molar-refractivity contribution in [2.75, 3.05) is 18.1 Å². The van der Waals surface area contributed by atoms with Crippen LogP contribution in [0.4, 0.5) is 0 Å². The molecule has 0 aliphatic carbocycles. The maximum Gasteiger partial charge on any atom is 0.246 e. The summed E-state index contributed by atoms with van der Waals surface area (Å²) >= 11 is 1.79. The largest absolute Gasteiger partial charge is 0.342 e. The zero-order valence-corrected chi connectivity index (χ0v) is 12.6. The SMILES string of the molecule is CCCC1NC(=O)C(C)(C)N(CCSCC)C1=O. The summed E-state index contributed by atoms with van der Waals surface area (Å²) < 4.78 is 0. The summed E-state index contributed by atoms with van der Waals surface area (Å²) in [5, 5.41) is 2.84. The van der Waals surface area contributed by atoms with E-state index < -0.39 is 5.54 Å². The summed E-state index contributed by atoms with van der Waals surface area (Å²) in [5.74, 6) is 1.95. The second-order valence-electron chi connectivity index (χ2n) is 5.06. The number of rotatable bonds is 6. The normalized spacial score (nSPS) is 23.1. The first-order chi connectivity index (χ1) is 8.45. The molecule has 1 heterocycles.